The second-order valence-corrected chi connectivity index (χ2v) is 18.1. The molecule has 0 saturated carbocycles. The van der Waals surface area contributed by atoms with Crippen LogP contribution in [0.5, 0.6) is 0 Å². The minimum absolute atomic E-state index is 0.0834. The summed E-state index contributed by atoms with van der Waals surface area (Å²) in [7, 11) is 0. The second-order valence-electron chi connectivity index (χ2n) is 18.1. The van der Waals surface area contributed by atoms with Crippen LogP contribution in [0, 0.1) is 0 Å². The van der Waals surface area contributed by atoms with Gasteiger partial charge in [-0.3, -0.25) is 14.4 Å². The van der Waals surface area contributed by atoms with Crippen molar-refractivity contribution in [1.29, 1.82) is 0 Å². The van der Waals surface area contributed by atoms with Crippen LogP contribution in [0.15, 0.2) is 48.6 Å². The second kappa shape index (κ2) is 52.0. The molecule has 0 aliphatic rings. The molecule has 6 heteroatoms. The lowest BCUT2D eigenvalue weighted by Gasteiger charge is -2.18. The van der Waals surface area contributed by atoms with Gasteiger partial charge in [0.15, 0.2) is 6.10 Å². The molecule has 0 radical (unpaired) electrons. The third kappa shape index (κ3) is 50.2. The normalized spacial score (nSPS) is 12.4. The first-order valence-electron chi connectivity index (χ1n) is 27.2. The SMILES string of the molecule is CC/C=C\C/C=C\CCCCCCCC(=O)OCC(COC(=O)CCCCCCC/C=C\C=C/CCCCCCCCC)OC(=O)CCCCCCCCCCCCCCCCC. The lowest BCUT2D eigenvalue weighted by Crippen LogP contribution is -2.30. The van der Waals surface area contributed by atoms with Gasteiger partial charge in [0, 0.05) is 19.3 Å². The lowest BCUT2D eigenvalue weighted by molar-refractivity contribution is -0.167. The molecule has 0 saturated heterocycles. The first-order chi connectivity index (χ1) is 31.0. The Bertz CT molecular complexity index is 1110. The fraction of sp³-hybridized carbons (Fsp3) is 0.807. The summed E-state index contributed by atoms with van der Waals surface area (Å²) in [5.41, 5.74) is 0. The van der Waals surface area contributed by atoms with Crippen LogP contribution in [0.3, 0.4) is 0 Å². The summed E-state index contributed by atoms with van der Waals surface area (Å²) >= 11 is 0. The molecule has 0 fully saturated rings. The van der Waals surface area contributed by atoms with Gasteiger partial charge in [0.25, 0.3) is 0 Å². The summed E-state index contributed by atoms with van der Waals surface area (Å²) < 4.78 is 16.8. The Morgan fingerprint density at radius 2 is 0.667 bits per heavy atom. The molecule has 0 spiro atoms. The van der Waals surface area contributed by atoms with E-state index in [0.29, 0.717) is 19.3 Å². The minimum atomic E-state index is -0.782. The van der Waals surface area contributed by atoms with Crippen molar-refractivity contribution < 1.29 is 28.6 Å². The first kappa shape index (κ1) is 60.4. The van der Waals surface area contributed by atoms with E-state index in [9.17, 15) is 14.4 Å². The number of allylic oxidation sites excluding steroid dienone is 8. The van der Waals surface area contributed by atoms with E-state index >= 15 is 0 Å². The maximum Gasteiger partial charge on any atom is 0.306 e. The van der Waals surface area contributed by atoms with E-state index in [0.717, 1.165) is 103 Å². The molecule has 0 amide bonds. The van der Waals surface area contributed by atoms with Crippen LogP contribution in [0.4, 0.5) is 0 Å². The van der Waals surface area contributed by atoms with Crippen molar-refractivity contribution in [2.24, 2.45) is 0 Å². The van der Waals surface area contributed by atoms with E-state index in [4.69, 9.17) is 14.2 Å². The van der Waals surface area contributed by atoms with E-state index in [1.54, 1.807) is 0 Å². The molecule has 6 nitrogen and oxygen atoms in total. The Labute approximate surface area is 390 Å². The number of esters is 3. The third-order valence-corrected chi connectivity index (χ3v) is 11.8. The molecule has 0 aromatic rings. The maximum absolute atomic E-state index is 12.8. The maximum atomic E-state index is 12.8. The zero-order chi connectivity index (χ0) is 45.8. The summed E-state index contributed by atoms with van der Waals surface area (Å²) in [4.78, 5) is 38.0. The van der Waals surface area contributed by atoms with Gasteiger partial charge in [-0.1, -0.05) is 236 Å². The quantitative estimate of drug-likeness (QED) is 0.0199. The largest absolute Gasteiger partial charge is 0.462 e. The number of rotatable bonds is 49. The number of hydrogen-bond donors (Lipinski definition) is 0. The highest BCUT2D eigenvalue weighted by Gasteiger charge is 2.19. The molecule has 0 aliphatic carbocycles. The molecule has 1 atom stereocenters. The highest BCUT2D eigenvalue weighted by molar-refractivity contribution is 5.71. The number of hydrogen-bond acceptors (Lipinski definition) is 6. The van der Waals surface area contributed by atoms with Crippen LogP contribution in [0.1, 0.15) is 278 Å². The molecular weight excluding hydrogens is 781 g/mol. The lowest BCUT2D eigenvalue weighted by atomic mass is 10.0. The van der Waals surface area contributed by atoms with Crippen molar-refractivity contribution in [3.05, 3.63) is 48.6 Å². The average molecular weight is 883 g/mol. The predicted molar refractivity (Wildman–Crippen MR) is 270 cm³/mol. The number of carbonyl (C=O) groups is 3. The van der Waals surface area contributed by atoms with Gasteiger partial charge in [0.2, 0.25) is 0 Å². The standard InChI is InChI=1S/C57H102O6/c1-4-7-10-13-16-19-22-25-27-28-29-31-32-35-38-41-44-47-50-56(59)62-53-54(52-61-55(58)49-46-43-40-37-34-24-21-18-15-12-9-6-3)63-57(60)51-48-45-42-39-36-33-30-26-23-20-17-14-11-8-5-2/h9,12,18,21,27-29,31,54H,4-8,10-11,13-17,19-20,22-26,30,32-53H2,1-3H3/b12-9-,21-18-,28-27-,31-29-. The summed E-state index contributed by atoms with van der Waals surface area (Å²) in [6.45, 7) is 6.52. The van der Waals surface area contributed by atoms with Crippen molar-refractivity contribution in [3.63, 3.8) is 0 Å². The average Bonchev–Trinajstić information content (AvgIpc) is 3.28. The van der Waals surface area contributed by atoms with E-state index in [1.807, 2.05) is 0 Å². The molecule has 0 aliphatic heterocycles. The van der Waals surface area contributed by atoms with Crippen molar-refractivity contribution in [3.8, 4) is 0 Å². The van der Waals surface area contributed by atoms with Crippen molar-refractivity contribution >= 4 is 17.9 Å². The molecule has 0 aromatic heterocycles. The van der Waals surface area contributed by atoms with Gasteiger partial charge in [-0.15, -0.1) is 0 Å². The van der Waals surface area contributed by atoms with Crippen LogP contribution in [-0.2, 0) is 28.6 Å². The van der Waals surface area contributed by atoms with Crippen LogP contribution in [-0.4, -0.2) is 37.2 Å². The van der Waals surface area contributed by atoms with Crippen molar-refractivity contribution in [1.82, 2.24) is 0 Å². The smallest absolute Gasteiger partial charge is 0.306 e. The summed E-state index contributed by atoms with van der Waals surface area (Å²) in [5.74, 6) is -0.901. The van der Waals surface area contributed by atoms with Gasteiger partial charge >= 0.3 is 17.9 Å². The molecule has 0 aromatic carbocycles. The van der Waals surface area contributed by atoms with E-state index in [1.165, 1.54) is 135 Å². The molecule has 0 N–H and O–H groups in total. The van der Waals surface area contributed by atoms with Gasteiger partial charge in [0.05, 0.1) is 0 Å². The Kier molecular flexibility index (Phi) is 49.8. The Hall–Kier alpha value is -2.63. The molecule has 366 valence electrons. The Balaban J connectivity index is 4.37. The van der Waals surface area contributed by atoms with Crippen LogP contribution < -0.4 is 0 Å². The fourth-order valence-corrected chi connectivity index (χ4v) is 7.77. The summed E-state index contributed by atoms with van der Waals surface area (Å²) in [5, 5.41) is 0. The molecular formula is C57H102O6. The van der Waals surface area contributed by atoms with Gasteiger partial charge < -0.3 is 14.2 Å². The molecule has 1 unspecified atom stereocenters. The van der Waals surface area contributed by atoms with Gasteiger partial charge in [-0.2, -0.15) is 0 Å². The summed E-state index contributed by atoms with van der Waals surface area (Å²) in [6, 6.07) is 0. The van der Waals surface area contributed by atoms with E-state index in [-0.39, 0.29) is 31.1 Å². The summed E-state index contributed by atoms with van der Waals surface area (Å²) in [6.07, 6.45) is 62.4. The van der Waals surface area contributed by atoms with Crippen LogP contribution in [0.25, 0.3) is 0 Å². The zero-order valence-corrected chi connectivity index (χ0v) is 41.8. The van der Waals surface area contributed by atoms with Crippen LogP contribution in [0.2, 0.25) is 0 Å². The van der Waals surface area contributed by atoms with Crippen molar-refractivity contribution in [2.45, 2.75) is 284 Å². The van der Waals surface area contributed by atoms with Crippen LogP contribution >= 0.6 is 0 Å². The Morgan fingerprint density at radius 1 is 0.349 bits per heavy atom. The van der Waals surface area contributed by atoms with Gasteiger partial charge in [0.1, 0.15) is 13.2 Å². The van der Waals surface area contributed by atoms with E-state index < -0.39 is 6.10 Å². The van der Waals surface area contributed by atoms with E-state index in [2.05, 4.69) is 69.4 Å². The number of ether oxygens (including phenoxy) is 3. The minimum Gasteiger partial charge on any atom is -0.462 e. The van der Waals surface area contributed by atoms with Gasteiger partial charge in [-0.25, -0.2) is 0 Å². The monoisotopic (exact) mass is 883 g/mol. The topological polar surface area (TPSA) is 78.9 Å². The highest BCUT2D eigenvalue weighted by atomic mass is 16.6. The highest BCUT2D eigenvalue weighted by Crippen LogP contribution is 2.16. The Morgan fingerprint density at radius 3 is 1.05 bits per heavy atom. The fourth-order valence-electron chi connectivity index (χ4n) is 7.77. The molecule has 0 rings (SSSR count). The number of carbonyl (C=O) groups excluding carboxylic acids is 3. The predicted octanol–water partition coefficient (Wildman–Crippen LogP) is 17.9. The zero-order valence-electron chi connectivity index (χ0n) is 41.8. The van der Waals surface area contributed by atoms with Crippen molar-refractivity contribution in [2.75, 3.05) is 13.2 Å². The molecule has 0 bridgehead atoms. The molecule has 0 heterocycles. The number of unbranched alkanes of at least 4 members (excludes halogenated alkanes) is 31. The van der Waals surface area contributed by atoms with Gasteiger partial charge in [-0.05, 0) is 70.6 Å². The molecule has 63 heavy (non-hydrogen) atoms. The first-order valence-corrected chi connectivity index (χ1v) is 27.2. The third-order valence-electron chi connectivity index (χ3n) is 11.8.